The maximum Gasteiger partial charge on any atom is 0.115 e. The van der Waals surface area contributed by atoms with E-state index in [9.17, 15) is 5.11 Å². The Labute approximate surface area is 98.5 Å². The molecule has 1 rings (SSSR count). The van der Waals surface area contributed by atoms with E-state index in [4.69, 9.17) is 0 Å². The molecule has 1 aromatic rings. The summed E-state index contributed by atoms with van der Waals surface area (Å²) < 4.78 is 0. The van der Waals surface area contributed by atoms with Gasteiger partial charge in [-0.15, -0.1) is 0 Å². The van der Waals surface area contributed by atoms with Gasteiger partial charge < -0.3 is 5.11 Å². The second-order valence-corrected chi connectivity index (χ2v) is 4.15. The van der Waals surface area contributed by atoms with Crippen LogP contribution in [0.4, 0.5) is 0 Å². The smallest absolute Gasteiger partial charge is 0.115 e. The van der Waals surface area contributed by atoms with Crippen molar-refractivity contribution in [2.75, 3.05) is 0 Å². The van der Waals surface area contributed by atoms with E-state index in [2.05, 4.69) is 25.7 Å². The molecular weight excluding hydrogens is 196 g/mol. The standard InChI is InChI=1S/C15H20O/c1-3-4-5-6-15(16)12-11-14-9-7-13(2)8-10-14/h7-10,15-16H,3-6H2,1-2H3. The average Bonchev–Trinajstić information content (AvgIpc) is 2.29. The van der Waals surface area contributed by atoms with Gasteiger partial charge in [-0.2, -0.15) is 0 Å². The summed E-state index contributed by atoms with van der Waals surface area (Å²) in [7, 11) is 0. The molecule has 0 aliphatic rings. The SMILES string of the molecule is CCCCCC(O)C#Cc1ccc(C)cc1. The Balaban J connectivity index is 2.44. The van der Waals surface area contributed by atoms with Gasteiger partial charge in [0.05, 0.1) is 0 Å². The quantitative estimate of drug-likeness (QED) is 0.605. The van der Waals surface area contributed by atoms with Crippen LogP contribution >= 0.6 is 0 Å². The number of hydrogen-bond donors (Lipinski definition) is 1. The van der Waals surface area contributed by atoms with Crippen LogP contribution in [0.1, 0.15) is 43.7 Å². The van der Waals surface area contributed by atoms with Crippen molar-refractivity contribution in [3.05, 3.63) is 35.4 Å². The topological polar surface area (TPSA) is 20.2 Å². The lowest BCUT2D eigenvalue weighted by Crippen LogP contribution is -2.02. The largest absolute Gasteiger partial charge is 0.380 e. The number of rotatable bonds is 4. The lowest BCUT2D eigenvalue weighted by Gasteiger charge is -2.01. The monoisotopic (exact) mass is 216 g/mol. The number of aryl methyl sites for hydroxylation is 1. The predicted molar refractivity (Wildman–Crippen MR) is 68.2 cm³/mol. The van der Waals surface area contributed by atoms with E-state index in [0.29, 0.717) is 0 Å². The molecule has 1 nitrogen and oxygen atoms in total. The third kappa shape index (κ3) is 5.00. The Morgan fingerprint density at radius 1 is 1.19 bits per heavy atom. The Hall–Kier alpha value is -1.26. The highest BCUT2D eigenvalue weighted by atomic mass is 16.3. The Morgan fingerprint density at radius 2 is 1.88 bits per heavy atom. The van der Waals surface area contributed by atoms with Crippen molar-refractivity contribution in [1.29, 1.82) is 0 Å². The maximum atomic E-state index is 9.62. The molecule has 0 radical (unpaired) electrons. The van der Waals surface area contributed by atoms with Gasteiger partial charge in [-0.1, -0.05) is 49.3 Å². The third-order valence-electron chi connectivity index (χ3n) is 2.52. The molecule has 0 saturated carbocycles. The van der Waals surface area contributed by atoms with Crippen LogP contribution in [0.5, 0.6) is 0 Å². The van der Waals surface area contributed by atoms with E-state index in [1.807, 2.05) is 24.3 Å². The van der Waals surface area contributed by atoms with Crippen LogP contribution in [-0.2, 0) is 0 Å². The average molecular weight is 216 g/mol. The van der Waals surface area contributed by atoms with Crippen molar-refractivity contribution in [2.45, 2.75) is 45.6 Å². The first-order valence-corrected chi connectivity index (χ1v) is 5.98. The zero-order valence-electron chi connectivity index (χ0n) is 10.2. The highest BCUT2D eigenvalue weighted by Gasteiger charge is 1.97. The van der Waals surface area contributed by atoms with Gasteiger partial charge >= 0.3 is 0 Å². The van der Waals surface area contributed by atoms with Crippen LogP contribution in [0.2, 0.25) is 0 Å². The minimum Gasteiger partial charge on any atom is -0.380 e. The molecule has 0 aromatic heterocycles. The molecular formula is C15H20O. The molecule has 16 heavy (non-hydrogen) atoms. The summed E-state index contributed by atoms with van der Waals surface area (Å²) in [6, 6.07) is 8.04. The second kappa shape index (κ2) is 7.09. The van der Waals surface area contributed by atoms with Crippen molar-refractivity contribution in [2.24, 2.45) is 0 Å². The molecule has 1 N–H and O–H groups in total. The zero-order valence-corrected chi connectivity index (χ0v) is 10.2. The molecule has 0 fully saturated rings. The van der Waals surface area contributed by atoms with Crippen LogP contribution in [0, 0.1) is 18.8 Å². The van der Waals surface area contributed by atoms with Gasteiger partial charge in [-0.05, 0) is 31.9 Å². The minimum absolute atomic E-state index is 0.479. The molecule has 0 spiro atoms. The fourth-order valence-corrected chi connectivity index (χ4v) is 1.46. The summed E-state index contributed by atoms with van der Waals surface area (Å²) in [6.07, 6.45) is 3.71. The maximum absolute atomic E-state index is 9.62. The molecule has 86 valence electrons. The van der Waals surface area contributed by atoms with Gasteiger partial charge in [0, 0.05) is 5.56 Å². The van der Waals surface area contributed by atoms with E-state index in [-0.39, 0.29) is 0 Å². The number of unbranched alkanes of at least 4 members (excludes halogenated alkanes) is 2. The summed E-state index contributed by atoms with van der Waals surface area (Å²) in [6.45, 7) is 4.21. The molecule has 0 saturated heterocycles. The highest BCUT2D eigenvalue weighted by Crippen LogP contribution is 2.04. The summed E-state index contributed by atoms with van der Waals surface area (Å²) in [5.41, 5.74) is 2.20. The molecule has 0 aliphatic heterocycles. The molecule has 0 heterocycles. The van der Waals surface area contributed by atoms with Crippen LogP contribution in [0.25, 0.3) is 0 Å². The van der Waals surface area contributed by atoms with Crippen molar-refractivity contribution in [1.82, 2.24) is 0 Å². The Bertz CT molecular complexity index is 353. The van der Waals surface area contributed by atoms with Gasteiger partial charge in [-0.3, -0.25) is 0 Å². The number of hydrogen-bond acceptors (Lipinski definition) is 1. The fourth-order valence-electron chi connectivity index (χ4n) is 1.46. The molecule has 0 amide bonds. The number of aliphatic hydroxyl groups excluding tert-OH is 1. The molecule has 0 aliphatic carbocycles. The van der Waals surface area contributed by atoms with E-state index >= 15 is 0 Å². The second-order valence-electron chi connectivity index (χ2n) is 4.15. The van der Waals surface area contributed by atoms with Crippen molar-refractivity contribution in [3.63, 3.8) is 0 Å². The van der Waals surface area contributed by atoms with Crippen LogP contribution in [0.3, 0.4) is 0 Å². The number of benzene rings is 1. The van der Waals surface area contributed by atoms with Crippen LogP contribution < -0.4 is 0 Å². The first-order valence-electron chi connectivity index (χ1n) is 5.98. The summed E-state index contributed by atoms with van der Waals surface area (Å²) in [5, 5.41) is 9.62. The lowest BCUT2D eigenvalue weighted by molar-refractivity contribution is 0.217. The minimum atomic E-state index is -0.479. The van der Waals surface area contributed by atoms with E-state index in [1.165, 1.54) is 18.4 Å². The van der Waals surface area contributed by atoms with Crippen molar-refractivity contribution >= 4 is 0 Å². The van der Waals surface area contributed by atoms with E-state index < -0.39 is 6.10 Å². The van der Waals surface area contributed by atoms with Gasteiger partial charge in [-0.25, -0.2) is 0 Å². The Morgan fingerprint density at radius 3 is 2.50 bits per heavy atom. The predicted octanol–water partition coefficient (Wildman–Crippen LogP) is 3.29. The van der Waals surface area contributed by atoms with E-state index in [1.54, 1.807) is 0 Å². The molecule has 1 aromatic carbocycles. The van der Waals surface area contributed by atoms with Crippen molar-refractivity contribution < 1.29 is 5.11 Å². The first-order chi connectivity index (χ1) is 7.72. The van der Waals surface area contributed by atoms with Crippen molar-refractivity contribution in [3.8, 4) is 11.8 Å². The highest BCUT2D eigenvalue weighted by molar-refractivity contribution is 5.36. The Kier molecular flexibility index (Phi) is 5.67. The van der Waals surface area contributed by atoms with Gasteiger partial charge in [0.15, 0.2) is 0 Å². The van der Waals surface area contributed by atoms with Crippen LogP contribution in [0.15, 0.2) is 24.3 Å². The van der Waals surface area contributed by atoms with Gasteiger partial charge in [0.25, 0.3) is 0 Å². The first kappa shape index (κ1) is 12.8. The molecule has 1 unspecified atom stereocenters. The van der Waals surface area contributed by atoms with Crippen LogP contribution in [-0.4, -0.2) is 11.2 Å². The normalized spacial score (nSPS) is 11.7. The van der Waals surface area contributed by atoms with Gasteiger partial charge in [0.2, 0.25) is 0 Å². The summed E-state index contributed by atoms with van der Waals surface area (Å²) in [4.78, 5) is 0. The number of aliphatic hydroxyl groups is 1. The molecule has 1 atom stereocenters. The molecule has 0 bridgehead atoms. The lowest BCUT2D eigenvalue weighted by atomic mass is 10.1. The summed E-state index contributed by atoms with van der Waals surface area (Å²) >= 11 is 0. The zero-order chi connectivity index (χ0) is 11.8. The summed E-state index contributed by atoms with van der Waals surface area (Å²) in [5.74, 6) is 5.88. The third-order valence-corrected chi connectivity index (χ3v) is 2.52. The molecule has 1 heteroatoms. The fraction of sp³-hybridized carbons (Fsp3) is 0.467. The van der Waals surface area contributed by atoms with Gasteiger partial charge in [0.1, 0.15) is 6.10 Å². The van der Waals surface area contributed by atoms with E-state index in [0.717, 1.165) is 18.4 Å².